The van der Waals surface area contributed by atoms with E-state index in [0.717, 1.165) is 16.7 Å². The summed E-state index contributed by atoms with van der Waals surface area (Å²) in [6.45, 7) is 1.78. The zero-order chi connectivity index (χ0) is 19.1. The molecule has 0 unspecified atom stereocenters. The van der Waals surface area contributed by atoms with Gasteiger partial charge in [0.15, 0.2) is 11.5 Å². The smallest absolute Gasteiger partial charge is 0.161 e. The predicted octanol–water partition coefficient (Wildman–Crippen LogP) is 5.36. The van der Waals surface area contributed by atoms with Crippen LogP contribution in [-0.2, 0) is 19.7 Å². The maximum absolute atomic E-state index is 12.9. The van der Waals surface area contributed by atoms with E-state index in [0.29, 0.717) is 36.2 Å². The molecule has 0 spiro atoms. The van der Waals surface area contributed by atoms with Crippen molar-refractivity contribution >= 4 is 11.6 Å². The summed E-state index contributed by atoms with van der Waals surface area (Å²) in [5.74, 6) is 1.15. The van der Waals surface area contributed by atoms with Crippen molar-refractivity contribution in [1.29, 1.82) is 0 Å². The van der Waals surface area contributed by atoms with Crippen LogP contribution in [0.15, 0.2) is 66.7 Å². The molecule has 5 heteroatoms. The molecule has 1 N–H and O–H groups in total. The van der Waals surface area contributed by atoms with Crippen LogP contribution < -0.4 is 14.8 Å². The minimum Gasteiger partial charge on any atom is -0.493 e. The van der Waals surface area contributed by atoms with Crippen LogP contribution >= 0.6 is 11.6 Å². The van der Waals surface area contributed by atoms with E-state index in [-0.39, 0.29) is 5.82 Å². The van der Waals surface area contributed by atoms with Crippen LogP contribution in [0.25, 0.3) is 0 Å². The quantitative estimate of drug-likeness (QED) is 0.566. The highest BCUT2D eigenvalue weighted by molar-refractivity contribution is 6.30. The number of rotatable bonds is 8. The Labute approximate surface area is 163 Å². The average Bonchev–Trinajstić information content (AvgIpc) is 2.69. The number of hydrogen-bond acceptors (Lipinski definition) is 3. The molecule has 140 valence electrons. The van der Waals surface area contributed by atoms with Gasteiger partial charge in [-0.1, -0.05) is 41.9 Å². The summed E-state index contributed by atoms with van der Waals surface area (Å²) in [4.78, 5) is 0. The lowest BCUT2D eigenvalue weighted by Crippen LogP contribution is -2.12. The Morgan fingerprint density at radius 2 is 1.44 bits per heavy atom. The third-order valence-electron chi connectivity index (χ3n) is 4.11. The van der Waals surface area contributed by atoms with Crippen molar-refractivity contribution < 1.29 is 13.9 Å². The van der Waals surface area contributed by atoms with Gasteiger partial charge in [0.1, 0.15) is 12.4 Å². The first-order valence-electron chi connectivity index (χ1n) is 8.63. The van der Waals surface area contributed by atoms with Gasteiger partial charge in [-0.2, -0.15) is 0 Å². The fraction of sp³-hybridized carbons (Fsp3) is 0.182. The summed E-state index contributed by atoms with van der Waals surface area (Å²) in [6.07, 6.45) is 0. The van der Waals surface area contributed by atoms with E-state index in [2.05, 4.69) is 5.32 Å². The second kappa shape index (κ2) is 9.40. The van der Waals surface area contributed by atoms with E-state index in [1.807, 2.05) is 42.5 Å². The van der Waals surface area contributed by atoms with E-state index in [1.54, 1.807) is 19.2 Å². The maximum atomic E-state index is 12.9. The largest absolute Gasteiger partial charge is 0.493 e. The number of nitrogens with one attached hydrogen (secondary N) is 1. The third-order valence-corrected chi connectivity index (χ3v) is 4.36. The van der Waals surface area contributed by atoms with E-state index in [1.165, 1.54) is 12.1 Å². The first kappa shape index (κ1) is 19.2. The lowest BCUT2D eigenvalue weighted by molar-refractivity contribution is 0.284. The molecule has 0 aliphatic heterocycles. The van der Waals surface area contributed by atoms with E-state index in [4.69, 9.17) is 21.1 Å². The topological polar surface area (TPSA) is 30.5 Å². The summed E-state index contributed by atoms with van der Waals surface area (Å²) < 4.78 is 24.3. The Kier molecular flexibility index (Phi) is 6.69. The van der Waals surface area contributed by atoms with Gasteiger partial charge in [0.2, 0.25) is 0 Å². The van der Waals surface area contributed by atoms with E-state index >= 15 is 0 Å². The molecule has 0 bridgehead atoms. The summed E-state index contributed by atoms with van der Waals surface area (Å²) in [5.41, 5.74) is 3.14. The van der Waals surface area contributed by atoms with Crippen LogP contribution in [0.5, 0.6) is 11.5 Å². The Balaban J connectivity index is 1.56. The van der Waals surface area contributed by atoms with Gasteiger partial charge in [-0.25, -0.2) is 4.39 Å². The molecule has 0 aromatic heterocycles. The molecule has 0 saturated heterocycles. The van der Waals surface area contributed by atoms with Gasteiger partial charge in [-0.3, -0.25) is 0 Å². The highest BCUT2D eigenvalue weighted by atomic mass is 35.5. The standard InChI is InChI=1S/C22H21ClFNO2/c1-26-22-12-18(14-25-13-16-4-9-20(24)10-5-16)6-11-21(22)27-15-17-2-7-19(23)8-3-17/h2-12,25H,13-15H2,1H3. The molecule has 0 aliphatic carbocycles. The molecule has 0 amide bonds. The molecule has 0 heterocycles. The van der Waals surface area contributed by atoms with Crippen molar-refractivity contribution in [3.63, 3.8) is 0 Å². The van der Waals surface area contributed by atoms with Gasteiger partial charge >= 0.3 is 0 Å². The number of benzene rings is 3. The molecule has 3 aromatic rings. The van der Waals surface area contributed by atoms with Crippen molar-refractivity contribution in [2.75, 3.05) is 7.11 Å². The van der Waals surface area contributed by atoms with Crippen LogP contribution in [0.3, 0.4) is 0 Å². The minimum atomic E-state index is -0.224. The Bertz CT molecular complexity index is 866. The molecule has 0 saturated carbocycles. The molecule has 0 fully saturated rings. The lowest BCUT2D eigenvalue weighted by Gasteiger charge is -2.13. The van der Waals surface area contributed by atoms with Gasteiger partial charge in [0.05, 0.1) is 7.11 Å². The molecular formula is C22H21ClFNO2. The van der Waals surface area contributed by atoms with Gasteiger partial charge in [-0.15, -0.1) is 0 Å². The fourth-order valence-corrected chi connectivity index (χ4v) is 2.76. The number of ether oxygens (including phenoxy) is 2. The molecule has 0 radical (unpaired) electrons. The predicted molar refractivity (Wildman–Crippen MR) is 106 cm³/mol. The Hall–Kier alpha value is -2.56. The fourth-order valence-electron chi connectivity index (χ4n) is 2.64. The van der Waals surface area contributed by atoms with Crippen molar-refractivity contribution in [3.8, 4) is 11.5 Å². The first-order valence-corrected chi connectivity index (χ1v) is 9.01. The maximum Gasteiger partial charge on any atom is 0.161 e. The molecule has 3 nitrogen and oxygen atoms in total. The number of hydrogen-bond donors (Lipinski definition) is 1. The Morgan fingerprint density at radius 1 is 0.815 bits per heavy atom. The van der Waals surface area contributed by atoms with Gasteiger partial charge in [0.25, 0.3) is 0 Å². The van der Waals surface area contributed by atoms with Crippen molar-refractivity contribution in [2.24, 2.45) is 0 Å². The van der Waals surface area contributed by atoms with Crippen molar-refractivity contribution in [2.45, 2.75) is 19.7 Å². The first-order chi connectivity index (χ1) is 13.1. The van der Waals surface area contributed by atoms with Gasteiger partial charge in [0, 0.05) is 18.1 Å². The van der Waals surface area contributed by atoms with Crippen LogP contribution in [0.2, 0.25) is 5.02 Å². The lowest BCUT2D eigenvalue weighted by atomic mass is 10.2. The van der Waals surface area contributed by atoms with Gasteiger partial charge < -0.3 is 14.8 Å². The second-order valence-electron chi connectivity index (χ2n) is 6.13. The Morgan fingerprint density at radius 3 is 2.15 bits per heavy atom. The zero-order valence-electron chi connectivity index (χ0n) is 15.0. The van der Waals surface area contributed by atoms with Crippen molar-refractivity contribution in [1.82, 2.24) is 5.32 Å². The highest BCUT2D eigenvalue weighted by Gasteiger charge is 2.07. The second-order valence-corrected chi connectivity index (χ2v) is 6.57. The molecule has 27 heavy (non-hydrogen) atoms. The molecule has 0 atom stereocenters. The summed E-state index contributed by atoms with van der Waals surface area (Å²) in [5, 5.41) is 4.04. The molecule has 3 rings (SSSR count). The molecular weight excluding hydrogens is 365 g/mol. The minimum absolute atomic E-state index is 0.224. The number of halogens is 2. The monoisotopic (exact) mass is 385 g/mol. The molecule has 3 aromatic carbocycles. The SMILES string of the molecule is COc1cc(CNCc2ccc(F)cc2)ccc1OCc1ccc(Cl)cc1. The van der Waals surface area contributed by atoms with Crippen molar-refractivity contribution in [3.05, 3.63) is 94.3 Å². The van der Waals surface area contributed by atoms with E-state index in [9.17, 15) is 4.39 Å². The van der Waals surface area contributed by atoms with Crippen LogP contribution in [0, 0.1) is 5.82 Å². The molecule has 0 aliphatic rings. The third kappa shape index (κ3) is 5.71. The van der Waals surface area contributed by atoms with Crippen LogP contribution in [-0.4, -0.2) is 7.11 Å². The summed E-state index contributed by atoms with van der Waals surface area (Å²) in [7, 11) is 1.63. The number of methoxy groups -OCH3 is 1. The average molecular weight is 386 g/mol. The summed E-state index contributed by atoms with van der Waals surface area (Å²) >= 11 is 5.90. The highest BCUT2D eigenvalue weighted by Crippen LogP contribution is 2.29. The van der Waals surface area contributed by atoms with Gasteiger partial charge in [-0.05, 0) is 53.1 Å². The van der Waals surface area contributed by atoms with E-state index < -0.39 is 0 Å². The zero-order valence-corrected chi connectivity index (χ0v) is 15.8. The normalized spacial score (nSPS) is 10.6. The van der Waals surface area contributed by atoms with Crippen LogP contribution in [0.4, 0.5) is 4.39 Å². The van der Waals surface area contributed by atoms with Crippen LogP contribution in [0.1, 0.15) is 16.7 Å². The summed E-state index contributed by atoms with van der Waals surface area (Å²) in [6, 6.07) is 19.9.